The number of aliphatic hydroxyl groups is 2. The number of methoxy groups -OCH3 is 1. The highest BCUT2D eigenvalue weighted by molar-refractivity contribution is 6.18. The van der Waals surface area contributed by atoms with Crippen molar-refractivity contribution in [1.29, 1.82) is 0 Å². The Balaban J connectivity index is 1.43. The molecule has 0 spiro atoms. The number of ketones is 3. The minimum Gasteiger partial charge on any atom is -0.507 e. The number of aromatic hydroxyl groups is 1. The van der Waals surface area contributed by atoms with Gasteiger partial charge in [-0.2, -0.15) is 0 Å². The van der Waals surface area contributed by atoms with Crippen LogP contribution in [0.3, 0.4) is 0 Å². The highest BCUT2D eigenvalue weighted by atomic mass is 16.5. The van der Waals surface area contributed by atoms with Gasteiger partial charge in [-0.05, 0) is 77.1 Å². The maximum absolute atomic E-state index is 14.1. The number of aliphatic hydroxyl groups excluding tert-OH is 1. The number of carbonyl (C=O) groups is 4. The van der Waals surface area contributed by atoms with Crippen molar-refractivity contribution in [3.05, 3.63) is 22.8 Å². The molecule has 1 aliphatic heterocycles. The van der Waals surface area contributed by atoms with Gasteiger partial charge in [0.2, 0.25) is 5.91 Å². The highest BCUT2D eigenvalue weighted by Gasteiger charge is 2.69. The van der Waals surface area contributed by atoms with Gasteiger partial charge in [0.15, 0.2) is 23.0 Å². The summed E-state index contributed by atoms with van der Waals surface area (Å²) in [7, 11) is 4.73. The van der Waals surface area contributed by atoms with Gasteiger partial charge in [-0.25, -0.2) is 0 Å². The normalized spacial score (nSPS) is 37.1. The van der Waals surface area contributed by atoms with E-state index in [1.807, 2.05) is 0 Å². The van der Waals surface area contributed by atoms with Crippen LogP contribution in [0.1, 0.15) is 59.6 Å². The highest BCUT2D eigenvalue weighted by Crippen LogP contribution is 2.54. The summed E-state index contributed by atoms with van der Waals surface area (Å²) in [6.07, 6.45) is 2.57. The number of hydrogen-bond acceptors (Lipinski definition) is 10. The minimum absolute atomic E-state index is 0.00836. The number of likely N-dealkylation sites (tertiary alicyclic amines) is 1. The fraction of sp³-hybridized carbons (Fsp3) is 0.667. The molecule has 6 rings (SSSR count). The molecule has 1 saturated heterocycles. The van der Waals surface area contributed by atoms with E-state index in [-0.39, 0.29) is 30.2 Å². The van der Waals surface area contributed by atoms with Crippen molar-refractivity contribution in [3.8, 4) is 11.5 Å². The molecule has 0 radical (unpaired) electrons. The Morgan fingerprint density at radius 1 is 1.22 bits per heavy atom. The Morgan fingerprint density at radius 2 is 1.93 bits per heavy atom. The predicted octanol–water partition coefficient (Wildman–Crippen LogP) is 0.214. The molecule has 5 aliphatic rings. The van der Waals surface area contributed by atoms with Crippen molar-refractivity contribution in [2.24, 2.45) is 35.3 Å². The molecule has 222 valence electrons. The van der Waals surface area contributed by atoms with Gasteiger partial charge >= 0.3 is 0 Å². The van der Waals surface area contributed by atoms with Crippen LogP contribution in [0, 0.1) is 29.6 Å². The lowest BCUT2D eigenvalue weighted by Gasteiger charge is -2.55. The predicted molar refractivity (Wildman–Crippen MR) is 145 cm³/mol. The fourth-order valence-electron chi connectivity index (χ4n) is 8.39. The zero-order chi connectivity index (χ0) is 29.5. The zero-order valence-electron chi connectivity index (χ0n) is 23.7. The molecular weight excluding hydrogens is 530 g/mol. The van der Waals surface area contributed by atoms with Crippen LogP contribution in [-0.2, 0) is 20.8 Å². The quantitative estimate of drug-likeness (QED) is 0.347. The number of likely N-dealkylation sites (N-methyl/N-ethyl adjacent to an activating group) is 1. The number of amides is 1. The van der Waals surface area contributed by atoms with Gasteiger partial charge < -0.3 is 25.8 Å². The number of phenols is 1. The van der Waals surface area contributed by atoms with Crippen LogP contribution in [0.15, 0.2) is 6.07 Å². The zero-order valence-corrected chi connectivity index (χ0v) is 23.7. The average Bonchev–Trinajstić information content (AvgIpc) is 3.60. The first-order valence-electron chi connectivity index (χ1n) is 14.6. The van der Waals surface area contributed by atoms with E-state index >= 15 is 0 Å². The number of primary amides is 1. The SMILES string of the molecule is COc1c(C2CCCN2CC2CC2)cc(O)c2c1CC1CC3C(N(C)C)C(=O)C(C(N)=O)C(O)C3(O)C(=O)C1C2=O. The summed E-state index contributed by atoms with van der Waals surface area (Å²) in [5, 5.41) is 34.1. The summed E-state index contributed by atoms with van der Waals surface area (Å²) in [6.45, 7) is 1.94. The maximum Gasteiger partial charge on any atom is 0.230 e. The molecule has 41 heavy (non-hydrogen) atoms. The Labute approximate surface area is 238 Å². The summed E-state index contributed by atoms with van der Waals surface area (Å²) in [4.78, 5) is 57.5. The monoisotopic (exact) mass is 569 g/mol. The maximum atomic E-state index is 14.1. The first-order valence-corrected chi connectivity index (χ1v) is 14.6. The van der Waals surface area contributed by atoms with Crippen LogP contribution in [0.5, 0.6) is 11.5 Å². The standard InChI is InChI=1S/C30H39N3O8/c1-32(2)23-17-10-14-9-16-21(24(35)20(14)27(37)30(17,40)28(38)22(25(23)36)29(31)39)19(34)11-15(26(16)41-3)18-5-4-8-33(18)12-13-6-7-13/h11,13-14,17-18,20,22-23,28,34,38,40H,4-10,12H2,1-3H3,(H2,31,39). The molecule has 5 N–H and O–H groups in total. The lowest BCUT2D eigenvalue weighted by atomic mass is 9.51. The molecule has 1 amide bonds. The van der Waals surface area contributed by atoms with Gasteiger partial charge in [-0.1, -0.05) is 0 Å². The van der Waals surface area contributed by atoms with Gasteiger partial charge in [-0.15, -0.1) is 0 Å². The lowest BCUT2D eigenvalue weighted by molar-refractivity contribution is -0.203. The van der Waals surface area contributed by atoms with E-state index in [9.17, 15) is 34.5 Å². The number of hydrogen-bond donors (Lipinski definition) is 4. The number of benzene rings is 1. The van der Waals surface area contributed by atoms with Crippen molar-refractivity contribution in [1.82, 2.24) is 9.80 Å². The summed E-state index contributed by atoms with van der Waals surface area (Å²) in [6, 6.07) is 0.552. The molecule has 1 aromatic rings. The van der Waals surface area contributed by atoms with E-state index in [4.69, 9.17) is 10.5 Å². The van der Waals surface area contributed by atoms with Crippen molar-refractivity contribution < 1.29 is 39.2 Å². The summed E-state index contributed by atoms with van der Waals surface area (Å²) in [5.41, 5.74) is 4.25. The van der Waals surface area contributed by atoms with Gasteiger partial charge in [-0.3, -0.25) is 29.0 Å². The van der Waals surface area contributed by atoms with E-state index < -0.39 is 64.7 Å². The summed E-state index contributed by atoms with van der Waals surface area (Å²) < 4.78 is 5.92. The number of Topliss-reactive ketones (excluding diaryl/α,β-unsaturated/α-hetero) is 3. The molecule has 4 aliphatic carbocycles. The van der Waals surface area contributed by atoms with Crippen molar-refractivity contribution in [3.63, 3.8) is 0 Å². The minimum atomic E-state index is -2.54. The number of nitrogens with zero attached hydrogens (tertiary/aromatic N) is 2. The topological polar surface area (TPSA) is 171 Å². The number of nitrogens with two attached hydrogens (primary N) is 1. The largest absolute Gasteiger partial charge is 0.507 e. The van der Waals surface area contributed by atoms with Crippen LogP contribution in [0.2, 0.25) is 0 Å². The second-order valence-corrected chi connectivity index (χ2v) is 12.9. The molecule has 3 saturated carbocycles. The molecule has 11 nitrogen and oxygen atoms in total. The number of fused-ring (bicyclic) bond motifs is 3. The van der Waals surface area contributed by atoms with E-state index in [0.717, 1.165) is 31.5 Å². The van der Waals surface area contributed by atoms with Crippen molar-refractivity contribution in [2.45, 2.75) is 62.3 Å². The summed E-state index contributed by atoms with van der Waals surface area (Å²) in [5.74, 6) is -7.24. The lowest BCUT2D eigenvalue weighted by Crippen LogP contribution is -2.75. The molecule has 0 aromatic heterocycles. The number of ether oxygens (including phenoxy) is 1. The summed E-state index contributed by atoms with van der Waals surface area (Å²) >= 11 is 0. The third kappa shape index (κ3) is 4.07. The molecule has 1 aromatic carbocycles. The number of phenolic OH excluding ortho intramolecular Hbond substituents is 1. The van der Waals surface area contributed by atoms with Gasteiger partial charge in [0.1, 0.15) is 23.5 Å². The number of carbonyl (C=O) groups excluding carboxylic acids is 4. The third-order valence-electron chi connectivity index (χ3n) is 10.4. The van der Waals surface area contributed by atoms with E-state index in [1.165, 1.54) is 17.7 Å². The molecule has 8 atom stereocenters. The van der Waals surface area contributed by atoms with Crippen molar-refractivity contribution in [2.75, 3.05) is 34.3 Å². The van der Waals surface area contributed by atoms with Crippen LogP contribution in [0.4, 0.5) is 0 Å². The smallest absolute Gasteiger partial charge is 0.230 e. The van der Waals surface area contributed by atoms with E-state index in [2.05, 4.69) is 4.90 Å². The second kappa shape index (κ2) is 9.86. The first-order chi connectivity index (χ1) is 19.4. The second-order valence-electron chi connectivity index (χ2n) is 12.9. The van der Waals surface area contributed by atoms with Crippen LogP contribution >= 0.6 is 0 Å². The van der Waals surface area contributed by atoms with E-state index in [0.29, 0.717) is 17.2 Å². The molecule has 8 unspecified atom stereocenters. The Bertz CT molecular complexity index is 1330. The van der Waals surface area contributed by atoms with Gasteiger partial charge in [0.25, 0.3) is 0 Å². The molecular formula is C30H39N3O8. The van der Waals surface area contributed by atoms with Crippen molar-refractivity contribution >= 4 is 23.3 Å². The third-order valence-corrected chi connectivity index (χ3v) is 10.4. The average molecular weight is 570 g/mol. The van der Waals surface area contributed by atoms with Gasteiger partial charge in [0, 0.05) is 29.6 Å². The number of rotatable bonds is 6. The molecule has 0 bridgehead atoms. The Hall–Kier alpha value is -2.86. The van der Waals surface area contributed by atoms with E-state index in [1.54, 1.807) is 27.3 Å². The fourth-order valence-corrected chi connectivity index (χ4v) is 8.39. The first kappa shape index (κ1) is 28.3. The Morgan fingerprint density at radius 3 is 2.54 bits per heavy atom. The van der Waals surface area contributed by atoms with Crippen LogP contribution < -0.4 is 10.5 Å². The Kier molecular flexibility index (Phi) is 6.80. The van der Waals surface area contributed by atoms with Crippen LogP contribution in [-0.4, -0.2) is 100 Å². The van der Waals surface area contributed by atoms with Gasteiger partial charge in [0.05, 0.1) is 24.6 Å². The molecule has 1 heterocycles. The molecule has 11 heteroatoms. The molecule has 4 fully saturated rings. The van der Waals surface area contributed by atoms with Crippen LogP contribution in [0.25, 0.3) is 0 Å².